The summed E-state index contributed by atoms with van der Waals surface area (Å²) >= 11 is 0. The molecule has 1 saturated carbocycles. The third-order valence-electron chi connectivity index (χ3n) is 4.60. The molecule has 0 aliphatic heterocycles. The molecule has 0 amide bonds. The molecular formula is C17H31N3O. The molecule has 1 aliphatic rings. The van der Waals surface area contributed by atoms with Crippen molar-refractivity contribution in [2.24, 2.45) is 11.8 Å². The number of methoxy groups -OCH3 is 1. The first-order chi connectivity index (χ1) is 10.1. The number of aromatic nitrogens is 2. The van der Waals surface area contributed by atoms with Crippen LogP contribution in [0.2, 0.25) is 0 Å². The fourth-order valence-electron chi connectivity index (χ4n) is 3.28. The standard InChI is InChI=1S/C17H31N3O/c1-13-5-7-16(8-6-13)9-10-20-11-14(2)18-17(20)19-15(3)12-21-4/h11,13,15-16H,5-10,12H2,1-4H3,(H,18,19). The van der Waals surface area contributed by atoms with Gasteiger partial charge in [0.25, 0.3) is 0 Å². The van der Waals surface area contributed by atoms with Gasteiger partial charge in [-0.15, -0.1) is 0 Å². The van der Waals surface area contributed by atoms with Crippen molar-refractivity contribution in [2.45, 2.75) is 65.5 Å². The molecule has 0 spiro atoms. The summed E-state index contributed by atoms with van der Waals surface area (Å²) in [5.74, 6) is 2.82. The van der Waals surface area contributed by atoms with Crippen molar-refractivity contribution in [2.75, 3.05) is 19.0 Å². The van der Waals surface area contributed by atoms with Crippen molar-refractivity contribution in [1.29, 1.82) is 0 Å². The summed E-state index contributed by atoms with van der Waals surface area (Å²) in [5.41, 5.74) is 1.08. The molecule has 4 heteroatoms. The normalized spacial score (nSPS) is 24.0. The molecule has 1 aromatic heterocycles. The maximum absolute atomic E-state index is 5.19. The number of imidazole rings is 1. The molecular weight excluding hydrogens is 262 g/mol. The largest absolute Gasteiger partial charge is 0.383 e. The van der Waals surface area contributed by atoms with E-state index in [1.165, 1.54) is 32.1 Å². The highest BCUT2D eigenvalue weighted by Crippen LogP contribution is 2.30. The highest BCUT2D eigenvalue weighted by molar-refractivity contribution is 5.30. The summed E-state index contributed by atoms with van der Waals surface area (Å²) in [6.07, 6.45) is 9.05. The molecule has 120 valence electrons. The Morgan fingerprint density at radius 1 is 1.38 bits per heavy atom. The smallest absolute Gasteiger partial charge is 0.203 e. The van der Waals surface area contributed by atoms with Gasteiger partial charge in [0, 0.05) is 25.9 Å². The van der Waals surface area contributed by atoms with Gasteiger partial charge in [-0.2, -0.15) is 0 Å². The molecule has 1 unspecified atom stereocenters. The lowest BCUT2D eigenvalue weighted by Crippen LogP contribution is -2.23. The molecule has 0 saturated heterocycles. The van der Waals surface area contributed by atoms with Crippen LogP contribution in [0.5, 0.6) is 0 Å². The Morgan fingerprint density at radius 2 is 2.10 bits per heavy atom. The lowest BCUT2D eigenvalue weighted by molar-refractivity contribution is 0.190. The summed E-state index contributed by atoms with van der Waals surface area (Å²) in [4.78, 5) is 4.60. The number of aryl methyl sites for hydroxylation is 2. The van der Waals surface area contributed by atoms with Crippen LogP contribution in [0, 0.1) is 18.8 Å². The first kappa shape index (κ1) is 16.3. The summed E-state index contributed by atoms with van der Waals surface area (Å²) in [7, 11) is 1.74. The number of hydrogen-bond donors (Lipinski definition) is 1. The molecule has 2 rings (SSSR count). The third-order valence-corrected chi connectivity index (χ3v) is 4.60. The second-order valence-corrected chi connectivity index (χ2v) is 6.81. The molecule has 1 N–H and O–H groups in total. The fourth-order valence-corrected chi connectivity index (χ4v) is 3.28. The Hall–Kier alpha value is -1.03. The number of hydrogen-bond acceptors (Lipinski definition) is 3. The van der Waals surface area contributed by atoms with Gasteiger partial charge in [0.15, 0.2) is 0 Å². The topological polar surface area (TPSA) is 39.1 Å². The van der Waals surface area contributed by atoms with Crippen LogP contribution in [0.4, 0.5) is 5.95 Å². The van der Waals surface area contributed by atoms with E-state index in [0.29, 0.717) is 6.61 Å². The average Bonchev–Trinajstić information content (AvgIpc) is 2.78. The van der Waals surface area contributed by atoms with Crippen LogP contribution in [0.15, 0.2) is 6.20 Å². The van der Waals surface area contributed by atoms with Crippen molar-refractivity contribution in [3.05, 3.63) is 11.9 Å². The Bertz CT molecular complexity index is 422. The van der Waals surface area contributed by atoms with Gasteiger partial charge < -0.3 is 14.6 Å². The van der Waals surface area contributed by atoms with Gasteiger partial charge in [0.1, 0.15) is 0 Å². The molecule has 1 aliphatic carbocycles. The van der Waals surface area contributed by atoms with E-state index in [2.05, 4.69) is 41.8 Å². The van der Waals surface area contributed by atoms with E-state index >= 15 is 0 Å². The minimum Gasteiger partial charge on any atom is -0.383 e. The number of nitrogens with one attached hydrogen (secondary N) is 1. The summed E-state index contributed by atoms with van der Waals surface area (Å²) < 4.78 is 7.47. The molecule has 0 bridgehead atoms. The summed E-state index contributed by atoms with van der Waals surface area (Å²) in [6, 6.07) is 0.283. The van der Waals surface area contributed by atoms with Crippen molar-refractivity contribution >= 4 is 5.95 Å². The monoisotopic (exact) mass is 293 g/mol. The minimum atomic E-state index is 0.283. The van der Waals surface area contributed by atoms with E-state index in [9.17, 15) is 0 Å². The van der Waals surface area contributed by atoms with Gasteiger partial charge in [-0.05, 0) is 32.1 Å². The highest BCUT2D eigenvalue weighted by Gasteiger charge is 2.18. The molecule has 0 aromatic carbocycles. The Balaban J connectivity index is 1.87. The lowest BCUT2D eigenvalue weighted by atomic mass is 9.81. The molecule has 21 heavy (non-hydrogen) atoms. The average molecular weight is 293 g/mol. The van der Waals surface area contributed by atoms with Crippen LogP contribution in [0.25, 0.3) is 0 Å². The maximum atomic E-state index is 5.19. The summed E-state index contributed by atoms with van der Waals surface area (Å²) in [5, 5.41) is 3.45. The van der Waals surface area contributed by atoms with E-state index < -0.39 is 0 Å². The fraction of sp³-hybridized carbons (Fsp3) is 0.824. The van der Waals surface area contributed by atoms with Gasteiger partial charge in [-0.3, -0.25) is 0 Å². The molecule has 1 fully saturated rings. The first-order valence-corrected chi connectivity index (χ1v) is 8.37. The second kappa shape index (κ2) is 7.83. The van der Waals surface area contributed by atoms with Crippen LogP contribution >= 0.6 is 0 Å². The zero-order valence-corrected chi connectivity index (χ0v) is 14.1. The number of rotatable bonds is 7. The van der Waals surface area contributed by atoms with Crippen LogP contribution < -0.4 is 5.32 Å². The second-order valence-electron chi connectivity index (χ2n) is 6.81. The predicted molar refractivity (Wildman–Crippen MR) is 87.7 cm³/mol. The number of nitrogens with zero attached hydrogens (tertiary/aromatic N) is 2. The van der Waals surface area contributed by atoms with E-state index in [1.54, 1.807) is 7.11 Å². The van der Waals surface area contributed by atoms with Gasteiger partial charge in [-0.25, -0.2) is 4.98 Å². The van der Waals surface area contributed by atoms with Crippen molar-refractivity contribution in [3.63, 3.8) is 0 Å². The van der Waals surface area contributed by atoms with E-state index in [0.717, 1.165) is 30.0 Å². The Morgan fingerprint density at radius 3 is 2.76 bits per heavy atom. The number of ether oxygens (including phenoxy) is 1. The van der Waals surface area contributed by atoms with Crippen LogP contribution in [-0.4, -0.2) is 29.3 Å². The van der Waals surface area contributed by atoms with Crippen molar-refractivity contribution < 1.29 is 4.74 Å². The van der Waals surface area contributed by atoms with Crippen LogP contribution in [-0.2, 0) is 11.3 Å². The highest BCUT2D eigenvalue weighted by atomic mass is 16.5. The van der Waals surface area contributed by atoms with Gasteiger partial charge >= 0.3 is 0 Å². The maximum Gasteiger partial charge on any atom is 0.203 e. The quantitative estimate of drug-likeness (QED) is 0.830. The zero-order chi connectivity index (χ0) is 15.2. The van der Waals surface area contributed by atoms with Crippen LogP contribution in [0.3, 0.4) is 0 Å². The van der Waals surface area contributed by atoms with E-state index in [4.69, 9.17) is 4.74 Å². The Labute approximate surface area is 129 Å². The van der Waals surface area contributed by atoms with Crippen molar-refractivity contribution in [1.82, 2.24) is 9.55 Å². The molecule has 1 aromatic rings. The van der Waals surface area contributed by atoms with E-state index in [-0.39, 0.29) is 6.04 Å². The van der Waals surface area contributed by atoms with Crippen LogP contribution in [0.1, 0.15) is 51.6 Å². The van der Waals surface area contributed by atoms with Crippen molar-refractivity contribution in [3.8, 4) is 0 Å². The Kier molecular flexibility index (Phi) is 6.09. The summed E-state index contributed by atoms with van der Waals surface area (Å²) in [6.45, 7) is 8.34. The minimum absolute atomic E-state index is 0.283. The molecule has 1 heterocycles. The number of anilines is 1. The van der Waals surface area contributed by atoms with Gasteiger partial charge in [0.2, 0.25) is 5.95 Å². The first-order valence-electron chi connectivity index (χ1n) is 8.37. The third kappa shape index (κ3) is 5.03. The van der Waals surface area contributed by atoms with Gasteiger partial charge in [-0.1, -0.05) is 32.6 Å². The van der Waals surface area contributed by atoms with Gasteiger partial charge in [0.05, 0.1) is 12.3 Å². The van der Waals surface area contributed by atoms with E-state index in [1.807, 2.05) is 0 Å². The zero-order valence-electron chi connectivity index (χ0n) is 14.1. The molecule has 4 nitrogen and oxygen atoms in total. The SMILES string of the molecule is COCC(C)Nc1nc(C)cn1CCC1CCC(C)CC1. The predicted octanol–water partition coefficient (Wildman–Crippen LogP) is 3.85. The lowest BCUT2D eigenvalue weighted by Gasteiger charge is -2.26. The molecule has 1 atom stereocenters. The molecule has 0 radical (unpaired) electrons.